The van der Waals surface area contributed by atoms with Crippen LogP contribution >= 0.6 is 0 Å². The molecule has 2 atom stereocenters. The molecule has 0 aromatic heterocycles. The second-order valence-electron chi connectivity index (χ2n) is 4.04. The zero-order valence-corrected chi connectivity index (χ0v) is 9.24. The Kier molecular flexibility index (Phi) is 4.38. The van der Waals surface area contributed by atoms with Crippen molar-refractivity contribution in [3.05, 3.63) is 0 Å². The summed E-state index contributed by atoms with van der Waals surface area (Å²) in [7, 11) is 0. The summed E-state index contributed by atoms with van der Waals surface area (Å²) in [6.07, 6.45) is -7.56. The van der Waals surface area contributed by atoms with Gasteiger partial charge >= 0.3 is 12.1 Å². The van der Waals surface area contributed by atoms with Crippen molar-refractivity contribution >= 4 is 12.0 Å². The largest absolute Gasteiger partial charge is 0.530 e. The second kappa shape index (κ2) is 5.42. The number of hydrogen-bond acceptors (Lipinski definition) is 4. The van der Waals surface area contributed by atoms with E-state index in [9.17, 15) is 33.0 Å². The number of amides is 2. The maximum atomic E-state index is 11.9. The molecule has 2 N–H and O–H groups in total. The number of aliphatic hydroxyl groups excluding tert-OH is 1. The lowest BCUT2D eigenvalue weighted by atomic mass is 9.95. The van der Waals surface area contributed by atoms with Gasteiger partial charge in [-0.15, -0.1) is 0 Å². The Morgan fingerprint density at radius 2 is 2.06 bits per heavy atom. The molecule has 1 heterocycles. The zero-order valence-electron chi connectivity index (χ0n) is 9.24. The third-order valence-electron chi connectivity index (χ3n) is 2.73. The quantitative estimate of drug-likeness (QED) is 0.675. The number of carbonyl (C=O) groups excluding carboxylic acids is 2. The SMILES string of the molecule is O=C([O-])N1CCC(CNC(=O)C(F)(F)F)CC1O. The minimum Gasteiger partial charge on any atom is -0.530 e. The standard InChI is InChI=1S/C9H13F3N2O4/c10-9(11,12)7(16)13-4-5-1-2-14(8(17)18)6(15)3-5/h5-6,15H,1-4H2,(H,13,16)(H,17,18)/p-1. The number of hydrogen-bond donors (Lipinski definition) is 2. The van der Waals surface area contributed by atoms with Gasteiger partial charge in [0.05, 0.1) is 0 Å². The molecule has 1 aliphatic rings. The Balaban J connectivity index is 2.39. The number of likely N-dealkylation sites (tertiary alicyclic amines) is 1. The summed E-state index contributed by atoms with van der Waals surface area (Å²) in [6, 6.07) is 0. The van der Waals surface area contributed by atoms with E-state index in [-0.39, 0.29) is 25.9 Å². The molecule has 0 aliphatic carbocycles. The first kappa shape index (κ1) is 14.6. The van der Waals surface area contributed by atoms with Crippen molar-refractivity contribution in [2.75, 3.05) is 13.1 Å². The topological polar surface area (TPSA) is 92.7 Å². The molecular weight excluding hydrogens is 257 g/mol. The smallest absolute Gasteiger partial charge is 0.471 e. The average molecular weight is 269 g/mol. The molecule has 0 bridgehead atoms. The summed E-state index contributed by atoms with van der Waals surface area (Å²) in [4.78, 5) is 21.8. The molecule has 2 amide bonds. The van der Waals surface area contributed by atoms with Gasteiger partial charge in [0.1, 0.15) is 12.3 Å². The van der Waals surface area contributed by atoms with Crippen molar-refractivity contribution in [2.45, 2.75) is 25.2 Å². The van der Waals surface area contributed by atoms with Crippen LogP contribution in [-0.2, 0) is 4.79 Å². The highest BCUT2D eigenvalue weighted by Gasteiger charge is 2.39. The third kappa shape index (κ3) is 3.76. The first-order valence-corrected chi connectivity index (χ1v) is 5.22. The van der Waals surface area contributed by atoms with E-state index in [2.05, 4.69) is 0 Å². The number of rotatable bonds is 2. The molecule has 0 radical (unpaired) electrons. The maximum absolute atomic E-state index is 11.9. The van der Waals surface area contributed by atoms with Crippen molar-refractivity contribution in [1.29, 1.82) is 0 Å². The summed E-state index contributed by atoms with van der Waals surface area (Å²) < 4.78 is 35.7. The van der Waals surface area contributed by atoms with Gasteiger partial charge in [-0.3, -0.25) is 4.79 Å². The van der Waals surface area contributed by atoms with Gasteiger partial charge in [-0.1, -0.05) is 0 Å². The van der Waals surface area contributed by atoms with Gasteiger partial charge in [0.2, 0.25) is 0 Å². The first-order valence-electron chi connectivity index (χ1n) is 5.22. The van der Waals surface area contributed by atoms with Crippen LogP contribution in [0, 0.1) is 5.92 Å². The molecule has 9 heteroatoms. The lowest BCUT2D eigenvalue weighted by Crippen LogP contribution is -2.52. The van der Waals surface area contributed by atoms with Gasteiger partial charge in [-0.05, 0) is 18.8 Å². The predicted molar refractivity (Wildman–Crippen MR) is 49.9 cm³/mol. The molecule has 1 rings (SSSR count). The monoisotopic (exact) mass is 269 g/mol. The van der Waals surface area contributed by atoms with E-state index in [1.807, 2.05) is 0 Å². The van der Waals surface area contributed by atoms with Gasteiger partial charge in [0.25, 0.3) is 0 Å². The molecular formula is C9H12F3N2O4-. The average Bonchev–Trinajstić information content (AvgIpc) is 2.24. The van der Waals surface area contributed by atoms with E-state index in [1.54, 1.807) is 5.32 Å². The van der Waals surface area contributed by atoms with Gasteiger partial charge in [0.15, 0.2) is 0 Å². The van der Waals surface area contributed by atoms with E-state index < -0.39 is 30.3 Å². The van der Waals surface area contributed by atoms with Gasteiger partial charge in [-0.25, -0.2) is 0 Å². The van der Waals surface area contributed by atoms with Crippen molar-refractivity contribution in [1.82, 2.24) is 10.2 Å². The Hall–Kier alpha value is -1.51. The second-order valence-corrected chi connectivity index (χ2v) is 4.04. The molecule has 6 nitrogen and oxygen atoms in total. The molecule has 104 valence electrons. The molecule has 0 aromatic carbocycles. The highest BCUT2D eigenvalue weighted by atomic mass is 19.4. The van der Waals surface area contributed by atoms with Crippen molar-refractivity contribution < 1.29 is 33.0 Å². The molecule has 0 spiro atoms. The van der Waals surface area contributed by atoms with Crippen LogP contribution in [-0.4, -0.2) is 47.5 Å². The van der Waals surface area contributed by atoms with Crippen molar-refractivity contribution in [3.8, 4) is 0 Å². The number of nitrogens with zero attached hydrogens (tertiary/aromatic N) is 1. The number of aliphatic hydroxyl groups is 1. The van der Waals surface area contributed by atoms with Gasteiger partial charge in [0, 0.05) is 13.1 Å². The van der Waals surface area contributed by atoms with Crippen molar-refractivity contribution in [3.63, 3.8) is 0 Å². The molecule has 1 aliphatic heterocycles. The van der Waals surface area contributed by atoms with Crippen LogP contribution < -0.4 is 10.4 Å². The van der Waals surface area contributed by atoms with E-state index >= 15 is 0 Å². The lowest BCUT2D eigenvalue weighted by Gasteiger charge is -2.38. The summed E-state index contributed by atoms with van der Waals surface area (Å²) in [5.41, 5.74) is 0. The Morgan fingerprint density at radius 1 is 1.44 bits per heavy atom. The molecule has 2 unspecified atom stereocenters. The van der Waals surface area contributed by atoms with Crippen LogP contribution in [0.5, 0.6) is 0 Å². The molecule has 0 saturated carbocycles. The summed E-state index contributed by atoms with van der Waals surface area (Å²) in [6.45, 7) is -0.285. The van der Waals surface area contributed by atoms with Crippen LogP contribution in [0.15, 0.2) is 0 Å². The van der Waals surface area contributed by atoms with Crippen LogP contribution in [0.25, 0.3) is 0 Å². The minimum atomic E-state index is -4.94. The Labute approximate surface area is 100 Å². The first-order chi connectivity index (χ1) is 8.21. The minimum absolute atomic E-state index is 0.0317. The summed E-state index contributed by atoms with van der Waals surface area (Å²) >= 11 is 0. The number of carboxylic acid groups (broad SMARTS) is 1. The van der Waals surface area contributed by atoms with Gasteiger partial charge < -0.3 is 25.2 Å². The van der Waals surface area contributed by atoms with E-state index in [4.69, 9.17) is 0 Å². The fourth-order valence-electron chi connectivity index (χ4n) is 1.75. The Morgan fingerprint density at radius 3 is 2.50 bits per heavy atom. The van der Waals surface area contributed by atoms with Crippen LogP contribution in [0.3, 0.4) is 0 Å². The third-order valence-corrected chi connectivity index (χ3v) is 2.73. The Bertz CT molecular complexity index is 334. The normalized spacial score (nSPS) is 24.8. The van der Waals surface area contributed by atoms with Crippen molar-refractivity contribution in [2.24, 2.45) is 5.92 Å². The van der Waals surface area contributed by atoms with E-state index in [1.165, 1.54) is 0 Å². The maximum Gasteiger partial charge on any atom is 0.471 e. The molecule has 18 heavy (non-hydrogen) atoms. The highest BCUT2D eigenvalue weighted by molar-refractivity contribution is 5.81. The summed E-state index contributed by atoms with van der Waals surface area (Å²) in [5.74, 6) is -2.44. The molecule has 0 aromatic rings. The van der Waals surface area contributed by atoms with E-state index in [0.717, 1.165) is 0 Å². The molecule has 1 fully saturated rings. The number of halogens is 3. The van der Waals surface area contributed by atoms with Crippen LogP contribution in [0.4, 0.5) is 18.0 Å². The number of carbonyl (C=O) groups is 2. The highest BCUT2D eigenvalue weighted by Crippen LogP contribution is 2.21. The molecule has 1 saturated heterocycles. The predicted octanol–water partition coefficient (Wildman–Crippen LogP) is -0.961. The van der Waals surface area contributed by atoms with Gasteiger partial charge in [-0.2, -0.15) is 13.2 Å². The zero-order chi connectivity index (χ0) is 13.9. The van der Waals surface area contributed by atoms with E-state index in [0.29, 0.717) is 4.90 Å². The number of nitrogens with one attached hydrogen (secondary N) is 1. The number of piperidine rings is 1. The van der Waals surface area contributed by atoms with Crippen LogP contribution in [0.2, 0.25) is 0 Å². The number of alkyl halides is 3. The summed E-state index contributed by atoms with van der Waals surface area (Å²) in [5, 5.41) is 21.6. The fourth-order valence-corrected chi connectivity index (χ4v) is 1.75. The fraction of sp³-hybridized carbons (Fsp3) is 0.778. The van der Waals surface area contributed by atoms with Crippen LogP contribution in [0.1, 0.15) is 12.8 Å². The lowest BCUT2D eigenvalue weighted by molar-refractivity contribution is -0.276.